The zero-order valence-electron chi connectivity index (χ0n) is 11.0. The van der Waals surface area contributed by atoms with Gasteiger partial charge in [0.25, 0.3) is 0 Å². The summed E-state index contributed by atoms with van der Waals surface area (Å²) in [5.74, 6) is 0. The van der Waals surface area contributed by atoms with Crippen LogP contribution >= 0.6 is 0 Å². The first-order valence-corrected chi connectivity index (χ1v) is 7.31. The Labute approximate surface area is 109 Å². The minimum atomic E-state index is -3.37. The van der Waals surface area contributed by atoms with Crippen LogP contribution in [0.25, 0.3) is 0 Å². The van der Waals surface area contributed by atoms with E-state index in [-0.39, 0.29) is 10.4 Å². The minimum Gasteiger partial charge on any atom is -0.380 e. The van der Waals surface area contributed by atoms with Crippen molar-refractivity contribution in [1.82, 2.24) is 4.72 Å². The smallest absolute Gasteiger partial charge is 0.240 e. The van der Waals surface area contributed by atoms with Gasteiger partial charge >= 0.3 is 0 Å². The van der Waals surface area contributed by atoms with Crippen molar-refractivity contribution in [1.29, 1.82) is 0 Å². The van der Waals surface area contributed by atoms with Crippen LogP contribution in [-0.4, -0.2) is 27.5 Å². The molecule has 4 N–H and O–H groups in total. The van der Waals surface area contributed by atoms with E-state index in [2.05, 4.69) is 23.9 Å². The molecule has 0 aliphatic heterocycles. The van der Waals surface area contributed by atoms with E-state index in [9.17, 15) is 8.42 Å². The Kier molecular flexibility index (Phi) is 4.72. The summed E-state index contributed by atoms with van der Waals surface area (Å²) in [5.41, 5.74) is 6.31. The Bertz CT molecular complexity index is 481. The maximum absolute atomic E-state index is 11.6. The van der Waals surface area contributed by atoms with Crippen molar-refractivity contribution in [2.75, 3.05) is 18.9 Å². The van der Waals surface area contributed by atoms with Crippen LogP contribution in [0.1, 0.15) is 20.3 Å². The van der Waals surface area contributed by atoms with Gasteiger partial charge in [-0.1, -0.05) is 0 Å². The predicted molar refractivity (Wildman–Crippen MR) is 74.1 cm³/mol. The van der Waals surface area contributed by atoms with E-state index in [1.165, 1.54) is 7.05 Å². The van der Waals surface area contributed by atoms with E-state index >= 15 is 0 Å². The van der Waals surface area contributed by atoms with Crippen molar-refractivity contribution in [3.05, 3.63) is 24.3 Å². The van der Waals surface area contributed by atoms with Gasteiger partial charge in [0.05, 0.1) is 4.90 Å². The van der Waals surface area contributed by atoms with Gasteiger partial charge in [0.2, 0.25) is 10.0 Å². The Balaban J connectivity index is 2.84. The largest absolute Gasteiger partial charge is 0.380 e. The van der Waals surface area contributed by atoms with Crippen molar-refractivity contribution in [3.8, 4) is 0 Å². The molecule has 0 aliphatic carbocycles. The van der Waals surface area contributed by atoms with Gasteiger partial charge in [-0.15, -0.1) is 0 Å². The molecular formula is C12H21N3O2S. The van der Waals surface area contributed by atoms with Crippen LogP contribution in [0, 0.1) is 0 Å². The maximum atomic E-state index is 11.6. The van der Waals surface area contributed by atoms with E-state index in [0.29, 0.717) is 6.54 Å². The van der Waals surface area contributed by atoms with Crippen LogP contribution in [0.4, 0.5) is 5.69 Å². The van der Waals surface area contributed by atoms with Gasteiger partial charge in [0.15, 0.2) is 0 Å². The highest BCUT2D eigenvalue weighted by Gasteiger charge is 2.16. The zero-order valence-corrected chi connectivity index (χ0v) is 11.8. The van der Waals surface area contributed by atoms with Crippen molar-refractivity contribution in [3.63, 3.8) is 0 Å². The molecule has 0 saturated carbocycles. The van der Waals surface area contributed by atoms with Crippen LogP contribution < -0.4 is 15.8 Å². The molecule has 1 aromatic rings. The lowest BCUT2D eigenvalue weighted by Crippen LogP contribution is -2.33. The number of hydrogen-bond acceptors (Lipinski definition) is 4. The molecule has 5 nitrogen and oxygen atoms in total. The van der Waals surface area contributed by atoms with Crippen molar-refractivity contribution in [2.24, 2.45) is 5.73 Å². The topological polar surface area (TPSA) is 84.2 Å². The number of nitrogens with two attached hydrogens (primary N) is 1. The van der Waals surface area contributed by atoms with Crippen molar-refractivity contribution in [2.45, 2.75) is 30.7 Å². The van der Waals surface area contributed by atoms with Crippen LogP contribution in [0.5, 0.6) is 0 Å². The van der Waals surface area contributed by atoms with Gasteiger partial charge in [-0.05, 0) is 58.1 Å². The molecule has 0 atom stereocenters. The number of nitrogens with one attached hydrogen (secondary N) is 2. The Morgan fingerprint density at radius 2 is 1.78 bits per heavy atom. The van der Waals surface area contributed by atoms with E-state index in [1.807, 2.05) is 0 Å². The van der Waals surface area contributed by atoms with E-state index in [1.54, 1.807) is 24.3 Å². The number of sulfonamides is 1. The first-order chi connectivity index (χ1) is 8.30. The lowest BCUT2D eigenvalue weighted by Gasteiger charge is -2.27. The van der Waals surface area contributed by atoms with Crippen molar-refractivity contribution >= 4 is 15.7 Å². The van der Waals surface area contributed by atoms with Gasteiger partial charge in [0.1, 0.15) is 0 Å². The molecule has 0 radical (unpaired) electrons. The molecule has 0 heterocycles. The quantitative estimate of drug-likeness (QED) is 0.724. The van der Waals surface area contributed by atoms with Crippen LogP contribution in [-0.2, 0) is 10.0 Å². The van der Waals surface area contributed by atoms with Gasteiger partial charge in [-0.3, -0.25) is 0 Å². The highest BCUT2D eigenvalue weighted by molar-refractivity contribution is 7.89. The van der Waals surface area contributed by atoms with Crippen LogP contribution in [0.2, 0.25) is 0 Å². The van der Waals surface area contributed by atoms with E-state index in [0.717, 1.165) is 12.1 Å². The summed E-state index contributed by atoms with van der Waals surface area (Å²) in [6.07, 6.45) is 0.837. The average molecular weight is 271 g/mol. The third kappa shape index (κ3) is 3.97. The second-order valence-corrected chi connectivity index (χ2v) is 6.67. The third-order valence-electron chi connectivity index (χ3n) is 2.69. The molecule has 0 amide bonds. The van der Waals surface area contributed by atoms with E-state index in [4.69, 9.17) is 5.73 Å². The number of anilines is 1. The molecule has 102 valence electrons. The van der Waals surface area contributed by atoms with Gasteiger partial charge < -0.3 is 11.1 Å². The Hall–Kier alpha value is -1.11. The molecule has 0 spiro atoms. The SMILES string of the molecule is CNS(=O)(=O)c1ccc(NC(C)(C)CCN)cc1. The molecule has 0 aromatic heterocycles. The molecule has 6 heteroatoms. The monoisotopic (exact) mass is 271 g/mol. The highest BCUT2D eigenvalue weighted by atomic mass is 32.2. The van der Waals surface area contributed by atoms with Crippen molar-refractivity contribution < 1.29 is 8.42 Å². The second-order valence-electron chi connectivity index (χ2n) is 4.78. The van der Waals surface area contributed by atoms with E-state index < -0.39 is 10.0 Å². The molecule has 0 bridgehead atoms. The summed E-state index contributed by atoms with van der Waals surface area (Å²) in [5, 5.41) is 3.32. The fraction of sp³-hybridized carbons (Fsp3) is 0.500. The highest BCUT2D eigenvalue weighted by Crippen LogP contribution is 2.19. The molecule has 0 unspecified atom stereocenters. The lowest BCUT2D eigenvalue weighted by molar-refractivity contribution is 0.526. The number of hydrogen-bond donors (Lipinski definition) is 3. The molecule has 0 fully saturated rings. The Morgan fingerprint density at radius 3 is 2.22 bits per heavy atom. The summed E-state index contributed by atoms with van der Waals surface area (Å²) in [7, 11) is -1.97. The predicted octanol–water partition coefficient (Wildman–Crippen LogP) is 1.13. The normalized spacial score (nSPS) is 12.4. The van der Waals surface area contributed by atoms with Crippen LogP contribution in [0.3, 0.4) is 0 Å². The molecule has 0 saturated heterocycles. The number of rotatable bonds is 6. The summed E-state index contributed by atoms with van der Waals surface area (Å²) in [6.45, 7) is 4.71. The summed E-state index contributed by atoms with van der Waals surface area (Å²) < 4.78 is 25.4. The molecule has 1 aromatic carbocycles. The fourth-order valence-electron chi connectivity index (χ4n) is 1.65. The maximum Gasteiger partial charge on any atom is 0.240 e. The lowest BCUT2D eigenvalue weighted by atomic mass is 10.0. The summed E-state index contributed by atoms with van der Waals surface area (Å²) >= 11 is 0. The third-order valence-corrected chi connectivity index (χ3v) is 4.12. The van der Waals surface area contributed by atoms with Gasteiger partial charge in [0, 0.05) is 11.2 Å². The fourth-order valence-corrected chi connectivity index (χ4v) is 2.38. The zero-order chi connectivity index (χ0) is 13.8. The Morgan fingerprint density at radius 1 is 1.22 bits per heavy atom. The molecule has 18 heavy (non-hydrogen) atoms. The molecular weight excluding hydrogens is 250 g/mol. The molecule has 0 aliphatic rings. The average Bonchev–Trinajstić information content (AvgIpc) is 2.29. The standard InChI is InChI=1S/C12H21N3O2S/c1-12(2,8-9-13)15-10-4-6-11(7-5-10)18(16,17)14-3/h4-7,14-15H,8-9,13H2,1-3H3. The first-order valence-electron chi connectivity index (χ1n) is 5.82. The summed E-state index contributed by atoms with van der Waals surface area (Å²) in [4.78, 5) is 0.257. The van der Waals surface area contributed by atoms with Gasteiger partial charge in [-0.2, -0.15) is 0 Å². The minimum absolute atomic E-state index is 0.113. The van der Waals surface area contributed by atoms with Crippen LogP contribution in [0.15, 0.2) is 29.2 Å². The summed E-state index contributed by atoms with van der Waals surface area (Å²) in [6, 6.07) is 6.66. The van der Waals surface area contributed by atoms with Gasteiger partial charge in [-0.25, -0.2) is 13.1 Å². The molecule has 1 rings (SSSR count). The number of benzene rings is 1. The first kappa shape index (κ1) is 14.9. The second kappa shape index (κ2) is 5.69.